The highest BCUT2D eigenvalue weighted by Gasteiger charge is 2.30. The van der Waals surface area contributed by atoms with Crippen LogP contribution >= 0.6 is 0 Å². The molecule has 0 aromatic rings. The summed E-state index contributed by atoms with van der Waals surface area (Å²) in [6.07, 6.45) is 11.4. The Morgan fingerprint density at radius 3 is 2.69 bits per heavy atom. The van der Waals surface area contributed by atoms with Gasteiger partial charge in [0, 0.05) is 0 Å². The molecule has 0 spiro atoms. The summed E-state index contributed by atoms with van der Waals surface area (Å²) in [6, 6.07) is 0. The first kappa shape index (κ1) is 9.26. The van der Waals surface area contributed by atoms with Gasteiger partial charge in [-0.2, -0.15) is 0 Å². The Kier molecular flexibility index (Phi) is 2.46. The minimum Gasteiger partial charge on any atom is -0.386 e. The first-order chi connectivity index (χ1) is 6.18. The molecule has 2 atom stereocenters. The third-order valence-corrected chi connectivity index (χ3v) is 3.45. The Hall–Kier alpha value is -0.300. The first-order valence-corrected chi connectivity index (χ1v) is 5.60. The van der Waals surface area contributed by atoms with Gasteiger partial charge >= 0.3 is 0 Å². The quantitative estimate of drug-likeness (QED) is 0.662. The van der Waals surface area contributed by atoms with Crippen molar-refractivity contribution in [3.05, 3.63) is 12.2 Å². The average Bonchev–Trinajstić information content (AvgIpc) is 2.91. The minimum atomic E-state index is -0.449. The molecule has 2 aliphatic carbocycles. The monoisotopic (exact) mass is 180 g/mol. The van der Waals surface area contributed by atoms with Crippen LogP contribution in [0, 0.1) is 11.8 Å². The lowest BCUT2D eigenvalue weighted by molar-refractivity contribution is 0.0572. The van der Waals surface area contributed by atoms with Gasteiger partial charge in [-0.05, 0) is 37.5 Å². The lowest BCUT2D eigenvalue weighted by Crippen LogP contribution is -2.29. The minimum absolute atomic E-state index is 0.449. The first-order valence-electron chi connectivity index (χ1n) is 5.60. The van der Waals surface area contributed by atoms with Crippen LogP contribution < -0.4 is 0 Å². The van der Waals surface area contributed by atoms with E-state index in [2.05, 4.69) is 13.0 Å². The van der Waals surface area contributed by atoms with E-state index in [-0.39, 0.29) is 0 Å². The fourth-order valence-electron chi connectivity index (χ4n) is 2.07. The van der Waals surface area contributed by atoms with Crippen LogP contribution in [-0.4, -0.2) is 10.7 Å². The molecule has 0 heterocycles. The highest BCUT2D eigenvalue weighted by atomic mass is 16.3. The molecular weight excluding hydrogens is 160 g/mol. The lowest BCUT2D eigenvalue weighted by atomic mass is 9.83. The van der Waals surface area contributed by atoms with Crippen LogP contribution in [0.4, 0.5) is 0 Å². The lowest BCUT2D eigenvalue weighted by Gasteiger charge is -2.29. The van der Waals surface area contributed by atoms with E-state index in [1.54, 1.807) is 0 Å². The molecule has 1 nitrogen and oxygen atoms in total. The third kappa shape index (κ3) is 2.57. The van der Waals surface area contributed by atoms with Gasteiger partial charge in [0.05, 0.1) is 5.60 Å². The molecule has 1 heteroatoms. The van der Waals surface area contributed by atoms with Crippen LogP contribution in [0.3, 0.4) is 0 Å². The second kappa shape index (κ2) is 3.45. The van der Waals surface area contributed by atoms with Crippen molar-refractivity contribution in [2.45, 2.75) is 51.0 Å². The third-order valence-electron chi connectivity index (χ3n) is 3.45. The molecule has 1 saturated carbocycles. The molecule has 0 bridgehead atoms. The molecule has 1 fully saturated rings. The molecular formula is C12H20O. The summed E-state index contributed by atoms with van der Waals surface area (Å²) in [5.41, 5.74) is -0.449. The number of allylic oxidation sites excluding steroid dienone is 1. The maximum absolute atomic E-state index is 10.2. The molecule has 0 saturated heterocycles. The van der Waals surface area contributed by atoms with Crippen molar-refractivity contribution in [2.75, 3.05) is 0 Å². The number of hydrogen-bond donors (Lipinski definition) is 1. The second-order valence-electron chi connectivity index (χ2n) is 4.96. The van der Waals surface area contributed by atoms with E-state index in [0.29, 0.717) is 5.92 Å². The predicted molar refractivity (Wildman–Crippen MR) is 54.4 cm³/mol. The summed E-state index contributed by atoms with van der Waals surface area (Å²) < 4.78 is 0. The molecule has 0 aromatic carbocycles. The Bertz CT molecular complexity index is 205. The normalized spacial score (nSPS) is 39.4. The summed E-state index contributed by atoms with van der Waals surface area (Å²) in [4.78, 5) is 0. The zero-order valence-corrected chi connectivity index (χ0v) is 8.50. The van der Waals surface area contributed by atoms with E-state index in [0.717, 1.165) is 25.2 Å². The maximum Gasteiger partial charge on any atom is 0.0828 e. The van der Waals surface area contributed by atoms with Crippen LogP contribution in [0.15, 0.2) is 12.2 Å². The van der Waals surface area contributed by atoms with E-state index < -0.39 is 5.60 Å². The van der Waals surface area contributed by atoms with E-state index in [1.165, 1.54) is 19.3 Å². The summed E-state index contributed by atoms with van der Waals surface area (Å²) in [5.74, 6) is 1.61. The average molecular weight is 180 g/mol. The van der Waals surface area contributed by atoms with Gasteiger partial charge < -0.3 is 5.11 Å². The van der Waals surface area contributed by atoms with Gasteiger partial charge in [-0.1, -0.05) is 31.9 Å². The van der Waals surface area contributed by atoms with E-state index in [9.17, 15) is 5.11 Å². The van der Waals surface area contributed by atoms with Gasteiger partial charge in [0.2, 0.25) is 0 Å². The Morgan fingerprint density at radius 1 is 1.38 bits per heavy atom. The van der Waals surface area contributed by atoms with Gasteiger partial charge in [0.25, 0.3) is 0 Å². The molecule has 2 unspecified atom stereocenters. The van der Waals surface area contributed by atoms with Gasteiger partial charge in [-0.25, -0.2) is 0 Å². The molecule has 1 N–H and O–H groups in total. The van der Waals surface area contributed by atoms with Crippen molar-refractivity contribution in [3.8, 4) is 0 Å². The molecule has 2 rings (SSSR count). The second-order valence-corrected chi connectivity index (χ2v) is 4.96. The van der Waals surface area contributed by atoms with Gasteiger partial charge in [-0.3, -0.25) is 0 Å². The van der Waals surface area contributed by atoms with Gasteiger partial charge in [-0.15, -0.1) is 0 Å². The van der Waals surface area contributed by atoms with Crippen molar-refractivity contribution in [3.63, 3.8) is 0 Å². The molecule has 0 amide bonds. The predicted octanol–water partition coefficient (Wildman–Crippen LogP) is 2.89. The highest BCUT2D eigenvalue weighted by molar-refractivity contribution is 5.07. The molecule has 0 radical (unpaired) electrons. The smallest absolute Gasteiger partial charge is 0.0828 e. The Labute approximate surface area is 80.8 Å². The van der Waals surface area contributed by atoms with Crippen molar-refractivity contribution in [1.29, 1.82) is 0 Å². The Morgan fingerprint density at radius 2 is 2.15 bits per heavy atom. The summed E-state index contributed by atoms with van der Waals surface area (Å²) in [6.45, 7) is 2.22. The fourth-order valence-corrected chi connectivity index (χ4v) is 2.07. The van der Waals surface area contributed by atoms with E-state index in [4.69, 9.17) is 0 Å². The van der Waals surface area contributed by atoms with Crippen LogP contribution in [-0.2, 0) is 0 Å². The summed E-state index contributed by atoms with van der Waals surface area (Å²) >= 11 is 0. The topological polar surface area (TPSA) is 20.2 Å². The SMILES string of the molecule is CC1C=CC(O)(CCC2CC2)CC1. The number of aliphatic hydroxyl groups is 1. The van der Waals surface area contributed by atoms with Crippen LogP contribution in [0.1, 0.15) is 45.4 Å². The van der Waals surface area contributed by atoms with E-state index in [1.807, 2.05) is 6.08 Å². The fraction of sp³-hybridized carbons (Fsp3) is 0.833. The molecule has 0 aromatic heterocycles. The molecule has 0 aliphatic heterocycles. The summed E-state index contributed by atoms with van der Waals surface area (Å²) in [7, 11) is 0. The Balaban J connectivity index is 1.83. The van der Waals surface area contributed by atoms with Gasteiger partial charge in [0.15, 0.2) is 0 Å². The zero-order chi connectivity index (χ0) is 9.31. The van der Waals surface area contributed by atoms with Crippen molar-refractivity contribution >= 4 is 0 Å². The standard InChI is InChI=1S/C12H20O/c1-10-4-7-12(13,8-5-10)9-6-11-2-3-11/h4,7,10-11,13H,2-3,5-6,8-9H2,1H3. The summed E-state index contributed by atoms with van der Waals surface area (Å²) in [5, 5.41) is 10.2. The number of rotatable bonds is 3. The highest BCUT2D eigenvalue weighted by Crippen LogP contribution is 2.38. The van der Waals surface area contributed by atoms with E-state index >= 15 is 0 Å². The zero-order valence-electron chi connectivity index (χ0n) is 8.50. The van der Waals surface area contributed by atoms with Crippen molar-refractivity contribution < 1.29 is 5.11 Å². The van der Waals surface area contributed by atoms with Crippen LogP contribution in [0.5, 0.6) is 0 Å². The largest absolute Gasteiger partial charge is 0.386 e. The van der Waals surface area contributed by atoms with Crippen LogP contribution in [0.25, 0.3) is 0 Å². The van der Waals surface area contributed by atoms with Crippen LogP contribution in [0.2, 0.25) is 0 Å². The molecule has 74 valence electrons. The van der Waals surface area contributed by atoms with Gasteiger partial charge in [0.1, 0.15) is 0 Å². The van der Waals surface area contributed by atoms with Crippen molar-refractivity contribution in [1.82, 2.24) is 0 Å². The number of hydrogen-bond acceptors (Lipinski definition) is 1. The van der Waals surface area contributed by atoms with Crippen molar-refractivity contribution in [2.24, 2.45) is 11.8 Å². The molecule has 2 aliphatic rings. The maximum atomic E-state index is 10.2. The molecule has 13 heavy (non-hydrogen) atoms.